The Bertz CT molecular complexity index is 258. The van der Waals surface area contributed by atoms with E-state index in [0.29, 0.717) is 5.75 Å². The molecule has 1 radical (unpaired) electrons. The van der Waals surface area contributed by atoms with Crippen molar-refractivity contribution in [1.82, 2.24) is 0 Å². The van der Waals surface area contributed by atoms with E-state index in [9.17, 15) is 4.39 Å². The van der Waals surface area contributed by atoms with Gasteiger partial charge in [0.2, 0.25) is 0 Å². The van der Waals surface area contributed by atoms with Gasteiger partial charge < -0.3 is 4.74 Å². The fraction of sp³-hybridized carbons (Fsp3) is 0.300. The first-order valence-corrected chi connectivity index (χ1v) is 3.88. The van der Waals surface area contributed by atoms with Crippen LogP contribution in [0.2, 0.25) is 0 Å². The van der Waals surface area contributed by atoms with Crippen molar-refractivity contribution in [2.45, 2.75) is 13.3 Å². The van der Waals surface area contributed by atoms with Crippen molar-refractivity contribution in [3.63, 3.8) is 0 Å². The maximum Gasteiger partial charge on any atom is 0.165 e. The number of rotatable bonds is 3. The lowest BCUT2D eigenvalue weighted by Gasteiger charge is -2.03. The zero-order valence-corrected chi connectivity index (χ0v) is 7.30. The average molecular weight is 167 g/mol. The predicted octanol–water partition coefficient (Wildman–Crippen LogP) is 2.60. The molecule has 0 heterocycles. The molecule has 0 bridgehead atoms. The van der Waals surface area contributed by atoms with Crippen LogP contribution in [0.4, 0.5) is 4.39 Å². The van der Waals surface area contributed by atoms with Crippen LogP contribution >= 0.6 is 0 Å². The van der Waals surface area contributed by atoms with Crippen LogP contribution in [0.5, 0.6) is 5.75 Å². The monoisotopic (exact) mass is 167 g/mol. The Morgan fingerprint density at radius 2 is 2.25 bits per heavy atom. The summed E-state index contributed by atoms with van der Waals surface area (Å²) in [7, 11) is 1.46. The first kappa shape index (κ1) is 9.04. The van der Waals surface area contributed by atoms with Crippen molar-refractivity contribution >= 4 is 0 Å². The highest BCUT2D eigenvalue weighted by Gasteiger charge is 2.01. The zero-order valence-electron chi connectivity index (χ0n) is 7.30. The molecule has 1 nitrogen and oxygen atoms in total. The minimum atomic E-state index is -0.295. The fourth-order valence-corrected chi connectivity index (χ4v) is 1.07. The van der Waals surface area contributed by atoms with Gasteiger partial charge in [-0.1, -0.05) is 13.0 Å². The third kappa shape index (κ3) is 1.97. The highest BCUT2D eigenvalue weighted by Crippen LogP contribution is 2.18. The molecule has 1 rings (SSSR count). The summed E-state index contributed by atoms with van der Waals surface area (Å²) in [6.45, 7) is 1.95. The summed E-state index contributed by atoms with van der Waals surface area (Å²) in [6.07, 6.45) is 2.78. The van der Waals surface area contributed by atoms with Crippen molar-refractivity contribution in [2.75, 3.05) is 7.11 Å². The molecule has 0 aliphatic heterocycles. The SMILES string of the molecule is C[CH]Cc1ccc(OC)c(F)c1. The topological polar surface area (TPSA) is 9.23 Å². The number of halogens is 1. The zero-order chi connectivity index (χ0) is 8.97. The van der Waals surface area contributed by atoms with E-state index in [2.05, 4.69) is 0 Å². The van der Waals surface area contributed by atoms with Gasteiger partial charge in [-0.2, -0.15) is 0 Å². The van der Waals surface area contributed by atoms with Crippen LogP contribution in [0.3, 0.4) is 0 Å². The Morgan fingerprint density at radius 3 is 2.75 bits per heavy atom. The van der Waals surface area contributed by atoms with Crippen LogP contribution in [-0.2, 0) is 6.42 Å². The second-order valence-corrected chi connectivity index (χ2v) is 2.58. The second-order valence-electron chi connectivity index (χ2n) is 2.58. The first-order chi connectivity index (χ1) is 5.77. The Hall–Kier alpha value is -1.05. The van der Waals surface area contributed by atoms with Gasteiger partial charge >= 0.3 is 0 Å². The summed E-state index contributed by atoms with van der Waals surface area (Å²) >= 11 is 0. The van der Waals surface area contributed by atoms with Gasteiger partial charge in [-0.25, -0.2) is 4.39 Å². The van der Waals surface area contributed by atoms with E-state index in [1.54, 1.807) is 6.07 Å². The molecule has 0 saturated heterocycles. The van der Waals surface area contributed by atoms with Gasteiger partial charge in [-0.3, -0.25) is 0 Å². The Kier molecular flexibility index (Phi) is 3.09. The smallest absolute Gasteiger partial charge is 0.165 e. The normalized spacial score (nSPS) is 9.92. The molecule has 0 unspecified atom stereocenters. The number of benzene rings is 1. The van der Waals surface area contributed by atoms with Crippen molar-refractivity contribution in [2.24, 2.45) is 0 Å². The van der Waals surface area contributed by atoms with E-state index < -0.39 is 0 Å². The standard InChI is InChI=1S/C10H12FO/c1-3-4-8-5-6-10(12-2)9(11)7-8/h3,5-7H,4H2,1-2H3. The quantitative estimate of drug-likeness (QED) is 0.672. The van der Waals surface area contributed by atoms with Gasteiger partial charge in [0, 0.05) is 0 Å². The molecule has 0 fully saturated rings. The number of hydrogen-bond acceptors (Lipinski definition) is 1. The lowest BCUT2D eigenvalue weighted by molar-refractivity contribution is 0.386. The van der Waals surface area contributed by atoms with Crippen molar-refractivity contribution in [1.29, 1.82) is 0 Å². The van der Waals surface area contributed by atoms with Crippen LogP contribution in [0.25, 0.3) is 0 Å². The Morgan fingerprint density at radius 1 is 1.50 bits per heavy atom. The van der Waals surface area contributed by atoms with Gasteiger partial charge in [0.15, 0.2) is 11.6 Å². The van der Waals surface area contributed by atoms with Gasteiger partial charge in [0.25, 0.3) is 0 Å². The molecule has 0 saturated carbocycles. The van der Waals surface area contributed by atoms with Gasteiger partial charge in [-0.05, 0) is 30.5 Å². The highest BCUT2D eigenvalue weighted by atomic mass is 19.1. The second kappa shape index (κ2) is 4.10. The molecule has 2 heteroatoms. The molecule has 0 aromatic heterocycles. The Labute approximate surface area is 72.2 Å². The van der Waals surface area contributed by atoms with Gasteiger partial charge in [0.05, 0.1) is 7.11 Å². The molecule has 1 aromatic rings. The number of methoxy groups -OCH3 is 1. The molecular weight excluding hydrogens is 155 g/mol. The largest absolute Gasteiger partial charge is 0.494 e. The lowest BCUT2D eigenvalue weighted by Crippen LogP contribution is -1.90. The van der Waals surface area contributed by atoms with E-state index in [4.69, 9.17) is 4.74 Å². The average Bonchev–Trinajstić information content (AvgIpc) is 2.05. The van der Waals surface area contributed by atoms with E-state index >= 15 is 0 Å². The molecule has 0 aliphatic carbocycles. The molecule has 65 valence electrons. The van der Waals surface area contributed by atoms with Gasteiger partial charge in [0.1, 0.15) is 0 Å². The van der Waals surface area contributed by atoms with Crippen LogP contribution in [-0.4, -0.2) is 7.11 Å². The van der Waals surface area contributed by atoms with Crippen LogP contribution in [0.1, 0.15) is 12.5 Å². The molecule has 0 amide bonds. The molecule has 12 heavy (non-hydrogen) atoms. The maximum atomic E-state index is 13.0. The van der Waals surface area contributed by atoms with Gasteiger partial charge in [-0.15, -0.1) is 0 Å². The Balaban J connectivity index is 2.86. The molecule has 0 N–H and O–H groups in total. The van der Waals surface area contributed by atoms with Crippen LogP contribution in [0.15, 0.2) is 18.2 Å². The van der Waals surface area contributed by atoms with E-state index in [0.717, 1.165) is 12.0 Å². The predicted molar refractivity (Wildman–Crippen MR) is 46.6 cm³/mol. The molecule has 0 atom stereocenters. The molecule has 0 aliphatic rings. The summed E-state index contributed by atoms with van der Waals surface area (Å²) in [6, 6.07) is 5.01. The first-order valence-electron chi connectivity index (χ1n) is 3.88. The third-order valence-electron chi connectivity index (χ3n) is 1.66. The minimum absolute atomic E-state index is 0.295. The molecule has 0 spiro atoms. The highest BCUT2D eigenvalue weighted by molar-refractivity contribution is 5.29. The number of hydrogen-bond donors (Lipinski definition) is 0. The van der Waals surface area contributed by atoms with E-state index in [1.807, 2.05) is 19.4 Å². The molecular formula is C10H12FO. The lowest BCUT2D eigenvalue weighted by atomic mass is 10.1. The summed E-state index contributed by atoms with van der Waals surface area (Å²) in [5.41, 5.74) is 0.968. The minimum Gasteiger partial charge on any atom is -0.494 e. The summed E-state index contributed by atoms with van der Waals surface area (Å²) < 4.78 is 17.8. The van der Waals surface area contributed by atoms with Crippen LogP contribution < -0.4 is 4.74 Å². The van der Waals surface area contributed by atoms with E-state index in [1.165, 1.54) is 13.2 Å². The third-order valence-corrected chi connectivity index (χ3v) is 1.66. The maximum absolute atomic E-state index is 13.0. The number of ether oxygens (including phenoxy) is 1. The van der Waals surface area contributed by atoms with Crippen molar-refractivity contribution in [3.05, 3.63) is 36.0 Å². The summed E-state index contributed by atoms with van der Waals surface area (Å²) in [4.78, 5) is 0. The summed E-state index contributed by atoms with van der Waals surface area (Å²) in [5.74, 6) is 0.00621. The fourth-order valence-electron chi connectivity index (χ4n) is 1.07. The van der Waals surface area contributed by atoms with Crippen molar-refractivity contribution in [3.8, 4) is 5.75 Å². The van der Waals surface area contributed by atoms with Crippen LogP contribution in [0, 0.1) is 12.2 Å². The van der Waals surface area contributed by atoms with E-state index in [-0.39, 0.29) is 5.82 Å². The van der Waals surface area contributed by atoms with Crippen molar-refractivity contribution < 1.29 is 9.13 Å². The molecule has 1 aromatic carbocycles. The summed E-state index contributed by atoms with van der Waals surface area (Å²) in [5, 5.41) is 0.